The molecule has 2 aliphatic heterocycles. The third-order valence-electron chi connectivity index (χ3n) is 7.36. The second kappa shape index (κ2) is 12.3. The number of piperidine rings is 1. The van der Waals surface area contributed by atoms with Crippen LogP contribution in [0.4, 0.5) is 21.9 Å². The van der Waals surface area contributed by atoms with Gasteiger partial charge in [0.2, 0.25) is 0 Å². The van der Waals surface area contributed by atoms with Crippen molar-refractivity contribution >= 4 is 29.1 Å². The number of quaternary nitrogens is 1. The number of nitrogens with zero attached hydrogens (tertiary/aromatic N) is 3. The largest absolute Gasteiger partial charge is 0.444 e. The molecular formula is C30H35N4O5+. The number of benzene rings is 3. The lowest BCUT2D eigenvalue weighted by Gasteiger charge is -2.40. The van der Waals surface area contributed by atoms with Crippen LogP contribution >= 0.6 is 0 Å². The van der Waals surface area contributed by atoms with Crippen LogP contribution in [0.1, 0.15) is 34.3 Å². The Morgan fingerprint density at radius 2 is 1.79 bits per heavy atom. The van der Waals surface area contributed by atoms with Crippen molar-refractivity contribution in [1.82, 2.24) is 4.90 Å². The molecule has 2 aliphatic rings. The molecule has 204 valence electrons. The number of anilines is 2. The summed E-state index contributed by atoms with van der Waals surface area (Å²) in [7, 11) is 1.59. The van der Waals surface area contributed by atoms with Gasteiger partial charge in [0.15, 0.2) is 5.69 Å². The number of aliphatic hydroxyl groups is 1. The highest BCUT2D eigenvalue weighted by Crippen LogP contribution is 2.34. The Morgan fingerprint density at radius 1 is 1.05 bits per heavy atom. The molecule has 1 fully saturated rings. The van der Waals surface area contributed by atoms with E-state index in [1.165, 1.54) is 0 Å². The molecule has 0 aliphatic carbocycles. The van der Waals surface area contributed by atoms with Crippen LogP contribution in [0.25, 0.3) is 0 Å². The van der Waals surface area contributed by atoms with E-state index in [1.54, 1.807) is 17.5 Å². The van der Waals surface area contributed by atoms with Gasteiger partial charge in [-0.15, -0.1) is 0 Å². The Balaban J connectivity index is 1.31. The van der Waals surface area contributed by atoms with E-state index >= 15 is 0 Å². The minimum atomic E-state index is -0.286. The molecular weight excluding hydrogens is 496 g/mol. The van der Waals surface area contributed by atoms with Crippen molar-refractivity contribution in [3.63, 3.8) is 0 Å². The molecule has 9 nitrogen and oxygen atoms in total. The Hall–Kier alpha value is -3.92. The highest BCUT2D eigenvalue weighted by atomic mass is 16.6. The van der Waals surface area contributed by atoms with Gasteiger partial charge < -0.3 is 19.6 Å². The number of nitrogens with two attached hydrogens (primary N) is 1. The number of amides is 2. The van der Waals surface area contributed by atoms with Crippen molar-refractivity contribution in [1.29, 1.82) is 0 Å². The summed E-state index contributed by atoms with van der Waals surface area (Å²) in [5, 5.41) is 9.59. The summed E-state index contributed by atoms with van der Waals surface area (Å²) in [6.07, 6.45) is 1.29. The zero-order chi connectivity index (χ0) is 27.2. The Kier molecular flexibility index (Phi) is 8.41. The predicted molar refractivity (Wildman–Crippen MR) is 148 cm³/mol. The smallest absolute Gasteiger partial charge is 0.414 e. The van der Waals surface area contributed by atoms with Crippen LogP contribution < -0.4 is 15.3 Å². The fourth-order valence-electron chi connectivity index (χ4n) is 5.44. The minimum absolute atomic E-state index is 0.0518. The van der Waals surface area contributed by atoms with Gasteiger partial charge in [0.05, 0.1) is 19.4 Å². The van der Waals surface area contributed by atoms with Gasteiger partial charge in [-0.1, -0.05) is 48.5 Å². The van der Waals surface area contributed by atoms with Crippen LogP contribution in [0.2, 0.25) is 0 Å². The number of hydrogen-bond acceptors (Lipinski definition) is 6. The highest BCUT2D eigenvalue weighted by Gasteiger charge is 2.35. The summed E-state index contributed by atoms with van der Waals surface area (Å²) >= 11 is 0. The van der Waals surface area contributed by atoms with Gasteiger partial charge in [0, 0.05) is 49.4 Å². The summed E-state index contributed by atoms with van der Waals surface area (Å²) in [6.45, 7) is 2.36. The molecule has 2 amide bonds. The Bertz CT molecular complexity index is 1290. The molecule has 2 heterocycles. The molecule has 3 aromatic carbocycles. The van der Waals surface area contributed by atoms with E-state index in [4.69, 9.17) is 9.57 Å². The fraction of sp³-hybridized carbons (Fsp3) is 0.333. The minimum Gasteiger partial charge on any atom is -0.444 e. The Labute approximate surface area is 228 Å². The second-order valence-electron chi connectivity index (χ2n) is 9.83. The molecule has 0 atom stereocenters. The quantitative estimate of drug-likeness (QED) is 0.325. The van der Waals surface area contributed by atoms with Crippen LogP contribution in [0.15, 0.2) is 72.8 Å². The first kappa shape index (κ1) is 26.7. The zero-order valence-corrected chi connectivity index (χ0v) is 22.2. The van der Waals surface area contributed by atoms with Gasteiger partial charge in [-0.3, -0.25) is 9.69 Å². The van der Waals surface area contributed by atoms with E-state index in [0.29, 0.717) is 18.7 Å². The van der Waals surface area contributed by atoms with E-state index in [2.05, 4.69) is 4.90 Å². The third-order valence-corrected chi connectivity index (χ3v) is 7.36. The summed E-state index contributed by atoms with van der Waals surface area (Å²) in [5.74, 6) is -0.147. The Morgan fingerprint density at radius 3 is 2.54 bits per heavy atom. The number of para-hydroxylation sites is 1. The molecule has 3 aromatic rings. The average molecular weight is 532 g/mol. The van der Waals surface area contributed by atoms with E-state index in [9.17, 15) is 14.7 Å². The number of cyclic esters (lactones) is 1. The summed E-state index contributed by atoms with van der Waals surface area (Å²) < 4.78 is 5.44. The van der Waals surface area contributed by atoms with Gasteiger partial charge in [0.25, 0.3) is 5.91 Å². The molecule has 1 saturated heterocycles. The summed E-state index contributed by atoms with van der Waals surface area (Å²) in [6, 6.07) is 23.4. The van der Waals surface area contributed by atoms with Gasteiger partial charge in [-0.2, -0.15) is 5.48 Å². The maximum atomic E-state index is 13.4. The van der Waals surface area contributed by atoms with Gasteiger partial charge >= 0.3 is 6.09 Å². The van der Waals surface area contributed by atoms with Crippen molar-refractivity contribution in [2.24, 2.45) is 0 Å². The maximum Gasteiger partial charge on any atom is 0.414 e. The van der Waals surface area contributed by atoms with E-state index in [1.807, 2.05) is 77.7 Å². The van der Waals surface area contributed by atoms with Crippen molar-refractivity contribution < 1.29 is 29.8 Å². The first-order valence-corrected chi connectivity index (χ1v) is 13.3. The highest BCUT2D eigenvalue weighted by molar-refractivity contribution is 5.96. The van der Waals surface area contributed by atoms with Crippen molar-refractivity contribution in [3.8, 4) is 0 Å². The molecule has 5 rings (SSSR count). The lowest BCUT2D eigenvalue weighted by Crippen LogP contribution is -2.76. The van der Waals surface area contributed by atoms with E-state index in [0.717, 1.165) is 54.1 Å². The van der Waals surface area contributed by atoms with Gasteiger partial charge in [-0.05, 0) is 36.6 Å². The van der Waals surface area contributed by atoms with Crippen molar-refractivity contribution in [3.05, 3.63) is 89.5 Å². The number of fused-ring (bicyclic) bond motifs is 1. The van der Waals surface area contributed by atoms with Crippen molar-refractivity contribution in [2.45, 2.75) is 32.0 Å². The number of rotatable bonds is 9. The molecule has 0 spiro atoms. The molecule has 0 aromatic heterocycles. The second-order valence-corrected chi connectivity index (χ2v) is 9.83. The van der Waals surface area contributed by atoms with Crippen LogP contribution in [0.5, 0.6) is 0 Å². The standard InChI is InChI=1S/C30H34N4O5/c1-38-31-26-19-23(29(36)33(17-18-35)20-22-7-3-2-4-8-22)11-12-28(26)32-15-13-25(14-16-32)34-27-10-6-5-9-24(27)21-39-30(34)37/h2-12,19,25,31,35H,13-18,20-21H2,1H3/p+1. The lowest BCUT2D eigenvalue weighted by atomic mass is 9.99. The SMILES string of the molecule is CO[NH2+]c1cc(C(=O)N(CCO)Cc2ccccc2)ccc1N1CCC(N2C(=O)OCc3ccccc32)CC1. The van der Waals surface area contributed by atoms with Crippen LogP contribution in [-0.4, -0.2) is 61.4 Å². The molecule has 0 unspecified atom stereocenters. The zero-order valence-electron chi connectivity index (χ0n) is 22.2. The molecule has 39 heavy (non-hydrogen) atoms. The number of carbonyl (C=O) groups is 2. The molecule has 3 N–H and O–H groups in total. The van der Waals surface area contributed by atoms with Crippen molar-refractivity contribution in [2.75, 3.05) is 43.2 Å². The normalized spacial score (nSPS) is 15.6. The number of carbonyl (C=O) groups excluding carboxylic acids is 2. The fourth-order valence-corrected chi connectivity index (χ4v) is 5.44. The number of ether oxygens (including phenoxy) is 1. The summed E-state index contributed by atoms with van der Waals surface area (Å²) in [5.41, 5.74) is 6.95. The van der Waals surface area contributed by atoms with E-state index in [-0.39, 0.29) is 31.2 Å². The monoisotopic (exact) mass is 531 g/mol. The predicted octanol–water partition coefficient (Wildman–Crippen LogP) is 3.20. The lowest BCUT2D eigenvalue weighted by molar-refractivity contribution is -0.829. The molecule has 9 heteroatoms. The molecule has 0 radical (unpaired) electrons. The molecule has 0 saturated carbocycles. The topological polar surface area (TPSA) is 99.2 Å². The number of aliphatic hydroxyl groups excluding tert-OH is 1. The molecule has 0 bridgehead atoms. The average Bonchev–Trinajstić information content (AvgIpc) is 2.97. The van der Waals surface area contributed by atoms with Gasteiger partial charge in [0.1, 0.15) is 12.3 Å². The first-order chi connectivity index (χ1) is 19.1. The van der Waals surface area contributed by atoms with Crippen LogP contribution in [0.3, 0.4) is 0 Å². The van der Waals surface area contributed by atoms with Crippen LogP contribution in [0, 0.1) is 0 Å². The van der Waals surface area contributed by atoms with E-state index < -0.39 is 0 Å². The maximum absolute atomic E-state index is 13.4. The first-order valence-electron chi connectivity index (χ1n) is 13.3. The van der Waals surface area contributed by atoms with Gasteiger partial charge in [-0.25, -0.2) is 9.63 Å². The van der Waals surface area contributed by atoms with Crippen LogP contribution in [-0.2, 0) is 22.7 Å². The number of hydrogen-bond donors (Lipinski definition) is 2. The third kappa shape index (κ3) is 5.90. The summed E-state index contributed by atoms with van der Waals surface area (Å²) in [4.78, 5) is 37.2.